The largest absolute Gasteiger partial charge is 0.363 e. The smallest absolute Gasteiger partial charge is 0.255 e. The van der Waals surface area contributed by atoms with Crippen molar-refractivity contribution >= 4 is 11.9 Å². The molecule has 17 heavy (non-hydrogen) atoms. The van der Waals surface area contributed by atoms with E-state index in [4.69, 9.17) is 0 Å². The van der Waals surface area contributed by atoms with Crippen LogP contribution in [0.25, 0.3) is 6.08 Å². The minimum Gasteiger partial charge on any atom is -0.363 e. The van der Waals surface area contributed by atoms with Crippen LogP contribution in [0.5, 0.6) is 0 Å². The maximum Gasteiger partial charge on any atom is 0.255 e. The first-order valence-corrected chi connectivity index (χ1v) is 5.56. The highest BCUT2D eigenvalue weighted by Gasteiger charge is 2.09. The van der Waals surface area contributed by atoms with Gasteiger partial charge in [-0.25, -0.2) is 13.8 Å². The Labute approximate surface area is 100.0 Å². The number of nitrogens with one attached hydrogen (secondary N) is 1. The van der Waals surface area contributed by atoms with Gasteiger partial charge in [-0.1, -0.05) is 19.9 Å². The molecule has 0 aliphatic rings. The molecule has 0 radical (unpaired) electrons. The normalized spacial score (nSPS) is 11.7. The van der Waals surface area contributed by atoms with Crippen molar-refractivity contribution in [1.82, 2.24) is 9.97 Å². The zero-order chi connectivity index (χ0) is 12.8. The van der Waals surface area contributed by atoms with Crippen molar-refractivity contribution in [1.29, 1.82) is 0 Å². The first-order chi connectivity index (χ1) is 8.04. The van der Waals surface area contributed by atoms with Gasteiger partial charge in [0.2, 0.25) is 0 Å². The molecule has 1 N–H and O–H groups in total. The van der Waals surface area contributed by atoms with E-state index in [0.717, 1.165) is 5.69 Å². The fraction of sp³-hybridized carbons (Fsp3) is 0.500. The highest BCUT2D eigenvalue weighted by Crippen LogP contribution is 2.17. The highest BCUT2D eigenvalue weighted by atomic mass is 19.3. The summed E-state index contributed by atoms with van der Waals surface area (Å²) < 4.78 is 24.3. The lowest BCUT2D eigenvalue weighted by atomic mass is 10.1. The van der Waals surface area contributed by atoms with Crippen molar-refractivity contribution in [3.8, 4) is 0 Å². The molecule has 1 heterocycles. The summed E-state index contributed by atoms with van der Waals surface area (Å²) in [7, 11) is 0. The quantitative estimate of drug-likeness (QED) is 0.859. The number of hydrogen-bond donors (Lipinski definition) is 1. The summed E-state index contributed by atoms with van der Waals surface area (Å²) in [5, 5.41) is 2.62. The molecule has 1 rings (SSSR count). The van der Waals surface area contributed by atoms with E-state index in [1.807, 2.05) is 20.8 Å². The van der Waals surface area contributed by atoms with E-state index in [1.165, 1.54) is 0 Å². The number of halogens is 2. The molecule has 0 atom stereocenters. The summed E-state index contributed by atoms with van der Waals surface area (Å²) in [5.41, 5.74) is 1.37. The Hall–Kier alpha value is -1.52. The molecule has 1 aromatic rings. The van der Waals surface area contributed by atoms with Gasteiger partial charge in [-0.3, -0.25) is 4.98 Å². The minimum absolute atomic E-state index is 0.217. The Morgan fingerprint density at radius 3 is 2.65 bits per heavy atom. The molecule has 0 fully saturated rings. The van der Waals surface area contributed by atoms with Crippen LogP contribution in [-0.4, -0.2) is 22.9 Å². The summed E-state index contributed by atoms with van der Waals surface area (Å²) in [4.78, 5) is 8.52. The van der Waals surface area contributed by atoms with Crippen LogP contribution in [0.4, 0.5) is 14.6 Å². The lowest BCUT2D eigenvalue weighted by Crippen LogP contribution is -2.13. The van der Waals surface area contributed by atoms with Gasteiger partial charge < -0.3 is 5.32 Å². The van der Waals surface area contributed by atoms with Crippen molar-refractivity contribution in [2.24, 2.45) is 0 Å². The topological polar surface area (TPSA) is 37.8 Å². The van der Waals surface area contributed by atoms with E-state index in [2.05, 4.69) is 15.3 Å². The van der Waals surface area contributed by atoms with Gasteiger partial charge in [-0.2, -0.15) is 0 Å². The van der Waals surface area contributed by atoms with Crippen LogP contribution in [0.15, 0.2) is 12.3 Å². The molecule has 5 heteroatoms. The number of aromatic nitrogens is 2. The van der Waals surface area contributed by atoms with Crippen molar-refractivity contribution in [3.05, 3.63) is 23.7 Å². The maximum absolute atomic E-state index is 12.2. The molecule has 0 saturated carbocycles. The van der Waals surface area contributed by atoms with E-state index in [9.17, 15) is 8.78 Å². The molecule has 1 aromatic heterocycles. The fourth-order valence-electron chi connectivity index (χ4n) is 1.27. The lowest BCUT2D eigenvalue weighted by molar-refractivity contribution is 0.163. The van der Waals surface area contributed by atoms with Crippen LogP contribution >= 0.6 is 0 Å². The van der Waals surface area contributed by atoms with E-state index in [1.54, 1.807) is 18.3 Å². The summed E-state index contributed by atoms with van der Waals surface area (Å²) in [6, 6.07) is 0. The van der Waals surface area contributed by atoms with Gasteiger partial charge in [-0.15, -0.1) is 0 Å². The molecule has 0 amide bonds. The second kappa shape index (κ2) is 6.27. The summed E-state index contributed by atoms with van der Waals surface area (Å²) in [6.07, 6.45) is 2.81. The molecular formula is C12H17F2N3. The van der Waals surface area contributed by atoms with Gasteiger partial charge in [0.1, 0.15) is 5.69 Å². The van der Waals surface area contributed by atoms with E-state index in [-0.39, 0.29) is 5.92 Å². The predicted octanol–water partition coefficient (Wildman–Crippen LogP) is 3.31. The van der Waals surface area contributed by atoms with Gasteiger partial charge >= 0.3 is 0 Å². The number of anilines is 1. The molecule has 94 valence electrons. The predicted molar refractivity (Wildman–Crippen MR) is 65.3 cm³/mol. The van der Waals surface area contributed by atoms with Gasteiger partial charge in [0.05, 0.1) is 12.2 Å². The third-order valence-electron chi connectivity index (χ3n) is 2.16. The fourth-order valence-corrected chi connectivity index (χ4v) is 1.27. The van der Waals surface area contributed by atoms with Crippen LogP contribution in [-0.2, 0) is 0 Å². The molecular weight excluding hydrogens is 224 g/mol. The zero-order valence-electron chi connectivity index (χ0n) is 10.2. The molecule has 0 bridgehead atoms. The third-order valence-corrected chi connectivity index (χ3v) is 2.16. The third kappa shape index (κ3) is 4.09. The monoisotopic (exact) mass is 241 g/mol. The van der Waals surface area contributed by atoms with Crippen LogP contribution < -0.4 is 5.32 Å². The minimum atomic E-state index is -2.40. The van der Waals surface area contributed by atoms with E-state index in [0.29, 0.717) is 11.5 Å². The van der Waals surface area contributed by atoms with Crippen LogP contribution in [0.1, 0.15) is 38.1 Å². The second-order valence-electron chi connectivity index (χ2n) is 3.96. The molecule has 3 nitrogen and oxygen atoms in total. The summed E-state index contributed by atoms with van der Waals surface area (Å²) >= 11 is 0. The van der Waals surface area contributed by atoms with Gasteiger partial charge in [-0.05, 0) is 18.9 Å². The van der Waals surface area contributed by atoms with Gasteiger partial charge in [0, 0.05) is 6.20 Å². The first kappa shape index (κ1) is 13.5. The highest BCUT2D eigenvalue weighted by molar-refractivity contribution is 5.59. The Bertz CT molecular complexity index is 389. The lowest BCUT2D eigenvalue weighted by Gasteiger charge is -2.11. The maximum atomic E-state index is 12.2. The number of allylic oxidation sites excluding steroid dienone is 1. The average molecular weight is 241 g/mol. The van der Waals surface area contributed by atoms with Crippen LogP contribution in [0.2, 0.25) is 0 Å². The SMILES string of the molecule is CC=Cc1ncc(C(C)C)nc1NCC(F)F. The zero-order valence-corrected chi connectivity index (χ0v) is 10.2. The summed E-state index contributed by atoms with van der Waals surface area (Å²) in [5.74, 6) is 0.629. The average Bonchev–Trinajstić information content (AvgIpc) is 2.27. The molecule has 0 spiro atoms. The molecule has 0 aromatic carbocycles. The molecule has 0 aliphatic carbocycles. The van der Waals surface area contributed by atoms with Crippen molar-refractivity contribution < 1.29 is 8.78 Å². The molecule has 0 saturated heterocycles. The Morgan fingerprint density at radius 2 is 2.12 bits per heavy atom. The first-order valence-electron chi connectivity index (χ1n) is 5.56. The van der Waals surface area contributed by atoms with Gasteiger partial charge in [0.25, 0.3) is 6.43 Å². The van der Waals surface area contributed by atoms with Gasteiger partial charge in [0.15, 0.2) is 5.82 Å². The number of hydrogen-bond acceptors (Lipinski definition) is 3. The van der Waals surface area contributed by atoms with Crippen molar-refractivity contribution in [2.45, 2.75) is 33.1 Å². The Kier molecular flexibility index (Phi) is 5.00. The Morgan fingerprint density at radius 1 is 1.41 bits per heavy atom. The van der Waals surface area contributed by atoms with Crippen molar-refractivity contribution in [3.63, 3.8) is 0 Å². The molecule has 0 unspecified atom stereocenters. The van der Waals surface area contributed by atoms with Crippen molar-refractivity contribution in [2.75, 3.05) is 11.9 Å². The van der Waals surface area contributed by atoms with Crippen LogP contribution in [0, 0.1) is 0 Å². The number of nitrogens with zero attached hydrogens (tertiary/aromatic N) is 2. The molecule has 0 aliphatic heterocycles. The Balaban J connectivity index is 2.98. The van der Waals surface area contributed by atoms with E-state index >= 15 is 0 Å². The number of rotatable bonds is 5. The summed E-state index contributed by atoms with van der Waals surface area (Å²) in [6.45, 7) is 5.39. The van der Waals surface area contributed by atoms with Crippen LogP contribution in [0.3, 0.4) is 0 Å². The number of alkyl halides is 2. The van der Waals surface area contributed by atoms with E-state index < -0.39 is 13.0 Å². The standard InChI is InChI=1S/C12H17F2N3/c1-4-5-9-12(16-7-11(13)14)17-10(6-15-9)8(2)3/h4-6,8,11H,7H2,1-3H3,(H,16,17). The second-order valence-corrected chi connectivity index (χ2v) is 3.96.